The maximum absolute atomic E-state index is 14.4. The van der Waals surface area contributed by atoms with Gasteiger partial charge in [0.05, 0.1) is 42.6 Å². The fourth-order valence-corrected chi connectivity index (χ4v) is 6.80. The van der Waals surface area contributed by atoms with Crippen LogP contribution in [0.4, 0.5) is 5.69 Å². The number of non-ortho nitro benzene ring substituents is 1. The molecule has 0 N–H and O–H groups in total. The number of nitro groups is 1. The van der Waals surface area contributed by atoms with Crippen LogP contribution in [-0.2, 0) is 35.8 Å². The minimum absolute atomic E-state index is 0.0887. The van der Waals surface area contributed by atoms with Gasteiger partial charge in [0.15, 0.2) is 5.60 Å². The first-order chi connectivity index (χ1) is 22.5. The van der Waals surface area contributed by atoms with Gasteiger partial charge in [-0.3, -0.25) is 19.9 Å². The van der Waals surface area contributed by atoms with E-state index < -0.39 is 25.0 Å². The number of unbranched alkanes of at least 4 members (excludes halogenated alkanes) is 2. The lowest BCUT2D eigenvalue weighted by molar-refractivity contribution is -0.385. The number of benzene rings is 2. The van der Waals surface area contributed by atoms with Crippen molar-refractivity contribution in [1.29, 1.82) is 0 Å². The number of esters is 1. The predicted octanol–water partition coefficient (Wildman–Crippen LogP) is 8.15. The van der Waals surface area contributed by atoms with Crippen LogP contribution in [0, 0.1) is 10.1 Å². The van der Waals surface area contributed by atoms with Gasteiger partial charge in [-0.15, -0.1) is 0 Å². The highest BCUT2D eigenvalue weighted by Crippen LogP contribution is 2.53. The van der Waals surface area contributed by atoms with Gasteiger partial charge in [0, 0.05) is 36.1 Å². The number of allylic oxidation sites excluding steroid dienone is 2. The van der Waals surface area contributed by atoms with Crippen molar-refractivity contribution in [3.63, 3.8) is 0 Å². The van der Waals surface area contributed by atoms with E-state index in [0.717, 1.165) is 37.7 Å². The smallest absolute Gasteiger partial charge is 0.339 e. The van der Waals surface area contributed by atoms with Crippen LogP contribution < -0.4 is 0 Å². The van der Waals surface area contributed by atoms with E-state index in [9.17, 15) is 19.5 Å². The Hall–Kier alpha value is -3.30. The van der Waals surface area contributed by atoms with Crippen molar-refractivity contribution in [2.24, 2.45) is 0 Å². The molecule has 0 spiro atoms. The molecule has 4 atom stereocenters. The van der Waals surface area contributed by atoms with Gasteiger partial charge < -0.3 is 14.0 Å². The summed E-state index contributed by atoms with van der Waals surface area (Å²) in [5.41, 5.74) is 0.703. The first kappa shape index (κ1) is 38.2. The normalized spacial score (nSPS) is 18.3. The molecule has 0 amide bonds. The second kappa shape index (κ2) is 18.3. The first-order valence-corrected chi connectivity index (χ1v) is 17.7. The molecule has 1 heterocycles. The third kappa shape index (κ3) is 9.63. The number of carbonyl (C=O) groups is 1. The second-order valence-electron chi connectivity index (χ2n) is 12.3. The lowest BCUT2D eigenvalue weighted by atomic mass is 9.80. The molecule has 47 heavy (non-hydrogen) atoms. The zero-order valence-corrected chi connectivity index (χ0v) is 30.1. The lowest BCUT2D eigenvalue weighted by Crippen LogP contribution is -2.46. The summed E-state index contributed by atoms with van der Waals surface area (Å²) in [6, 6.07) is 16.1. The number of nitro benzene ring substituents is 1. The summed E-state index contributed by atoms with van der Waals surface area (Å²) in [7, 11) is 0.286. The quantitative estimate of drug-likeness (QED) is 0.0633. The van der Waals surface area contributed by atoms with Crippen LogP contribution in [0.1, 0.15) is 91.2 Å². The minimum atomic E-state index is -1.69. The zero-order valence-electron chi connectivity index (χ0n) is 29.0. The van der Waals surface area contributed by atoms with Crippen LogP contribution in [0.2, 0.25) is 0 Å². The summed E-state index contributed by atoms with van der Waals surface area (Å²) in [5, 5.41) is 13.9. The van der Waals surface area contributed by atoms with Gasteiger partial charge in [-0.2, -0.15) is 0 Å². The SMILES string of the molecule is CCCCC(C)ON1C(C)=C([PH2]=O)C(OC(C)CCCC)(c2cccc([N+](=O)[O-])c2)C(C(=O)OCCN(C)Cc2ccccc2)=C1C. The maximum atomic E-state index is 14.4. The predicted molar refractivity (Wildman–Crippen MR) is 186 cm³/mol. The topological polar surface area (TPSA) is 111 Å². The molecule has 2 aromatic rings. The van der Waals surface area contributed by atoms with Crippen LogP contribution in [0.15, 0.2) is 76.9 Å². The van der Waals surface area contributed by atoms with Crippen molar-refractivity contribution in [1.82, 2.24) is 9.96 Å². The summed E-state index contributed by atoms with van der Waals surface area (Å²) in [5.74, 6) is -0.655. The third-order valence-electron chi connectivity index (χ3n) is 8.47. The van der Waals surface area contributed by atoms with Crippen molar-refractivity contribution < 1.29 is 28.6 Å². The van der Waals surface area contributed by atoms with E-state index in [1.54, 1.807) is 31.0 Å². The summed E-state index contributed by atoms with van der Waals surface area (Å²) < 4.78 is 26.3. The molecule has 0 saturated carbocycles. The van der Waals surface area contributed by atoms with E-state index in [4.69, 9.17) is 14.3 Å². The Bertz CT molecular complexity index is 1430. The van der Waals surface area contributed by atoms with Gasteiger partial charge in [0.1, 0.15) is 6.61 Å². The number of hydroxylamine groups is 2. The van der Waals surface area contributed by atoms with E-state index in [-0.39, 0.29) is 30.1 Å². The van der Waals surface area contributed by atoms with E-state index in [0.29, 0.717) is 41.8 Å². The maximum Gasteiger partial charge on any atom is 0.339 e. The molecular weight excluding hydrogens is 617 g/mol. The Labute approximate surface area is 281 Å². The monoisotopic (exact) mass is 669 g/mol. The highest BCUT2D eigenvalue weighted by atomic mass is 31.1. The van der Waals surface area contributed by atoms with Crippen molar-refractivity contribution in [3.8, 4) is 0 Å². The molecule has 0 radical (unpaired) electrons. The van der Waals surface area contributed by atoms with Gasteiger partial charge >= 0.3 is 5.97 Å². The summed E-state index contributed by atoms with van der Waals surface area (Å²) in [4.78, 5) is 34.4. The van der Waals surface area contributed by atoms with Crippen LogP contribution in [0.5, 0.6) is 0 Å². The Balaban J connectivity index is 2.15. The largest absolute Gasteiger partial charge is 0.461 e. The van der Waals surface area contributed by atoms with Crippen LogP contribution >= 0.6 is 8.46 Å². The van der Waals surface area contributed by atoms with E-state index >= 15 is 0 Å². The summed E-state index contributed by atoms with van der Waals surface area (Å²) in [6.45, 7) is 12.9. The number of likely N-dealkylation sites (N-methyl/N-ethyl adjacent to an activating group) is 1. The average molecular weight is 670 g/mol. The van der Waals surface area contributed by atoms with Crippen LogP contribution in [0.3, 0.4) is 0 Å². The summed E-state index contributed by atoms with van der Waals surface area (Å²) >= 11 is 0. The molecular formula is C36H52N3O7P. The average Bonchev–Trinajstić information content (AvgIpc) is 3.05. The Morgan fingerprint density at radius 3 is 2.28 bits per heavy atom. The molecule has 1 aliphatic rings. The number of hydrogen-bond acceptors (Lipinski definition) is 9. The summed E-state index contributed by atoms with van der Waals surface area (Å²) in [6.07, 6.45) is 4.66. The molecule has 2 aromatic carbocycles. The number of nitrogens with zero attached hydrogens (tertiary/aromatic N) is 3. The molecule has 3 rings (SSSR count). The van der Waals surface area contributed by atoms with Gasteiger partial charge in [0.2, 0.25) is 0 Å². The first-order valence-electron chi connectivity index (χ1n) is 16.7. The van der Waals surface area contributed by atoms with Crippen molar-refractivity contribution in [2.45, 2.75) is 104 Å². The van der Waals surface area contributed by atoms with E-state index in [2.05, 4.69) is 18.7 Å². The molecule has 11 heteroatoms. The highest BCUT2D eigenvalue weighted by molar-refractivity contribution is 7.29. The van der Waals surface area contributed by atoms with Crippen LogP contribution in [0.25, 0.3) is 0 Å². The molecule has 10 nitrogen and oxygen atoms in total. The van der Waals surface area contributed by atoms with Gasteiger partial charge in [-0.1, -0.05) is 82.0 Å². The molecule has 258 valence electrons. The van der Waals surface area contributed by atoms with Gasteiger partial charge in [0.25, 0.3) is 5.69 Å². The lowest BCUT2D eigenvalue weighted by Gasteiger charge is -2.45. The number of hydrogen-bond donors (Lipinski definition) is 0. The van der Waals surface area contributed by atoms with Crippen molar-refractivity contribution in [2.75, 3.05) is 20.2 Å². The molecule has 4 unspecified atom stereocenters. The number of carbonyl (C=O) groups excluding carboxylic acids is 1. The highest BCUT2D eigenvalue weighted by Gasteiger charge is 2.52. The minimum Gasteiger partial charge on any atom is -0.461 e. The Morgan fingerprint density at radius 1 is 1.00 bits per heavy atom. The van der Waals surface area contributed by atoms with Gasteiger partial charge in [-0.25, -0.2) is 9.86 Å². The molecule has 0 saturated heterocycles. The molecule has 0 aliphatic carbocycles. The standard InChI is InChI=1S/C36H52N3O7P/c1-8-10-16-26(3)45-36(31-20-15-21-32(24-31)39(41)42)33(35(40)44-23-22-37(7)25-30-18-13-12-14-19-30)28(5)38(29(6)34(36)47-43)46-27(4)17-11-9-2/h12-15,18-21,24,26-27H,8-11,16-17,22-23,25,47H2,1-7H3. The zero-order chi connectivity index (χ0) is 34.6. The Kier molecular flexibility index (Phi) is 14.9. The number of rotatable bonds is 19. The van der Waals surface area contributed by atoms with Crippen molar-refractivity contribution in [3.05, 3.63) is 98.1 Å². The van der Waals surface area contributed by atoms with E-state index in [1.165, 1.54) is 12.1 Å². The molecule has 1 aliphatic heterocycles. The molecule has 0 fully saturated rings. The Morgan fingerprint density at radius 2 is 1.66 bits per heavy atom. The number of ether oxygens (including phenoxy) is 2. The fourth-order valence-electron chi connectivity index (χ4n) is 5.97. The second-order valence-corrected chi connectivity index (χ2v) is 13.2. The van der Waals surface area contributed by atoms with Gasteiger partial charge in [-0.05, 0) is 53.1 Å². The molecule has 0 aromatic heterocycles. The third-order valence-corrected chi connectivity index (χ3v) is 9.53. The molecule has 0 bridgehead atoms. The van der Waals surface area contributed by atoms with E-state index in [1.807, 2.05) is 51.2 Å². The fraction of sp³-hybridized carbons (Fsp3) is 0.528. The van der Waals surface area contributed by atoms with Crippen LogP contribution in [-0.4, -0.2) is 53.3 Å². The van der Waals surface area contributed by atoms with Crippen molar-refractivity contribution >= 4 is 20.1 Å².